The van der Waals surface area contributed by atoms with E-state index in [1.54, 1.807) is 0 Å². The number of aromatic nitrogens is 1. The number of nitrogens with two attached hydrogens (primary N) is 2. The molecule has 0 aliphatic carbocycles. The van der Waals surface area contributed by atoms with Gasteiger partial charge in [0.25, 0.3) is 17.4 Å². The molecule has 3 amide bonds. The predicted octanol–water partition coefficient (Wildman–Crippen LogP) is 1.01. The fourth-order valence-electron chi connectivity index (χ4n) is 2.59. The van der Waals surface area contributed by atoms with E-state index in [1.807, 2.05) is 5.32 Å². The number of thioether (sulfide) groups is 1. The normalized spacial score (nSPS) is 13.4. The number of pyridine rings is 1. The standard InChI is InChI=1S/C15H9F3N4O4S/c16-15(17,18)27-7-2-5(12(20)24)1-6(3-7)22-9(23)4-8-10(11(22)19)14(26)21-13(8)25/h1-4H,19H2,(H2,20,24)(H,21,25,26). The molecular weight excluding hydrogens is 389 g/mol. The van der Waals surface area contributed by atoms with Crippen LogP contribution in [0.3, 0.4) is 0 Å². The number of fused-ring (bicyclic) bond motifs is 1. The van der Waals surface area contributed by atoms with Crippen LogP contribution >= 0.6 is 11.8 Å². The second kappa shape index (κ2) is 6.16. The molecule has 0 unspecified atom stereocenters. The highest BCUT2D eigenvalue weighted by Gasteiger charge is 2.33. The van der Waals surface area contributed by atoms with Crippen molar-refractivity contribution in [3.63, 3.8) is 0 Å². The quantitative estimate of drug-likeness (QED) is 0.521. The van der Waals surface area contributed by atoms with Crippen LogP contribution in [-0.4, -0.2) is 27.8 Å². The van der Waals surface area contributed by atoms with Gasteiger partial charge in [-0.2, -0.15) is 13.2 Å². The molecule has 1 aromatic carbocycles. The summed E-state index contributed by atoms with van der Waals surface area (Å²) in [5.74, 6) is -3.14. The maximum absolute atomic E-state index is 12.7. The van der Waals surface area contributed by atoms with Crippen molar-refractivity contribution in [3.8, 4) is 5.69 Å². The first kappa shape index (κ1) is 18.5. The molecule has 1 aliphatic rings. The van der Waals surface area contributed by atoms with Crippen LogP contribution in [0.1, 0.15) is 31.1 Å². The lowest BCUT2D eigenvalue weighted by atomic mass is 10.1. The van der Waals surface area contributed by atoms with Crippen LogP contribution in [0.25, 0.3) is 5.69 Å². The van der Waals surface area contributed by atoms with Crippen LogP contribution in [-0.2, 0) is 0 Å². The number of nitrogen functional groups attached to an aromatic ring is 1. The Bertz CT molecular complexity index is 1080. The number of alkyl halides is 3. The van der Waals surface area contributed by atoms with Crippen molar-refractivity contribution in [2.24, 2.45) is 5.73 Å². The Morgan fingerprint density at radius 2 is 1.74 bits per heavy atom. The molecule has 0 atom stereocenters. The molecular formula is C15H9F3N4O4S. The number of nitrogens with zero attached hydrogens (tertiary/aromatic N) is 1. The first-order valence-corrected chi connectivity index (χ1v) is 7.92. The lowest BCUT2D eigenvalue weighted by Gasteiger charge is -2.14. The van der Waals surface area contributed by atoms with Crippen molar-refractivity contribution in [1.82, 2.24) is 9.88 Å². The highest BCUT2D eigenvalue weighted by atomic mass is 32.2. The Morgan fingerprint density at radius 3 is 2.33 bits per heavy atom. The van der Waals surface area contributed by atoms with Gasteiger partial charge in [0.1, 0.15) is 5.82 Å². The number of primary amides is 1. The summed E-state index contributed by atoms with van der Waals surface area (Å²) in [5.41, 5.74) is 4.40. The summed E-state index contributed by atoms with van der Waals surface area (Å²) < 4.78 is 38.8. The maximum atomic E-state index is 12.7. The number of carbonyl (C=O) groups is 3. The number of carbonyl (C=O) groups excluding carboxylic acids is 3. The molecule has 1 aromatic heterocycles. The van der Waals surface area contributed by atoms with Gasteiger partial charge in [-0.3, -0.25) is 29.1 Å². The molecule has 0 bridgehead atoms. The number of benzene rings is 1. The van der Waals surface area contributed by atoms with Gasteiger partial charge in [0.15, 0.2) is 0 Å². The molecule has 0 spiro atoms. The number of rotatable bonds is 3. The minimum absolute atomic E-state index is 0.213. The summed E-state index contributed by atoms with van der Waals surface area (Å²) in [7, 11) is 0. The Morgan fingerprint density at radius 1 is 1.07 bits per heavy atom. The fraction of sp³-hybridized carbons (Fsp3) is 0.0667. The highest BCUT2D eigenvalue weighted by molar-refractivity contribution is 8.00. The van der Waals surface area contributed by atoms with Gasteiger partial charge >= 0.3 is 5.51 Å². The van der Waals surface area contributed by atoms with Gasteiger partial charge in [-0.1, -0.05) is 0 Å². The second-order valence-corrected chi connectivity index (χ2v) is 6.54. The minimum Gasteiger partial charge on any atom is -0.384 e. The average Bonchev–Trinajstić information content (AvgIpc) is 2.79. The highest BCUT2D eigenvalue weighted by Crippen LogP contribution is 2.38. The number of anilines is 1. The van der Waals surface area contributed by atoms with E-state index >= 15 is 0 Å². The van der Waals surface area contributed by atoms with Crippen molar-refractivity contribution in [1.29, 1.82) is 0 Å². The van der Waals surface area contributed by atoms with Gasteiger partial charge in [-0.25, -0.2) is 0 Å². The van der Waals surface area contributed by atoms with Crippen LogP contribution in [0.15, 0.2) is 34.0 Å². The largest absolute Gasteiger partial charge is 0.446 e. The summed E-state index contributed by atoms with van der Waals surface area (Å²) >= 11 is -0.518. The van der Waals surface area contributed by atoms with Crippen molar-refractivity contribution in [3.05, 3.63) is 51.3 Å². The monoisotopic (exact) mass is 398 g/mol. The molecule has 27 heavy (non-hydrogen) atoms. The molecule has 12 heteroatoms. The van der Waals surface area contributed by atoms with Gasteiger partial charge in [0.05, 0.1) is 16.8 Å². The molecule has 2 aromatic rings. The molecule has 0 saturated carbocycles. The number of hydrogen-bond donors (Lipinski definition) is 3. The van der Waals surface area contributed by atoms with E-state index in [-0.39, 0.29) is 22.4 Å². The number of nitrogens with one attached hydrogen (secondary N) is 1. The molecule has 1 aliphatic heterocycles. The molecule has 2 heterocycles. The Hall–Kier alpha value is -3.28. The van der Waals surface area contributed by atoms with E-state index in [2.05, 4.69) is 0 Å². The summed E-state index contributed by atoms with van der Waals surface area (Å²) in [6, 6.07) is 3.76. The third-order valence-electron chi connectivity index (χ3n) is 3.62. The molecule has 140 valence electrons. The van der Waals surface area contributed by atoms with Gasteiger partial charge in [0, 0.05) is 16.5 Å². The van der Waals surface area contributed by atoms with Crippen molar-refractivity contribution in [2.45, 2.75) is 10.4 Å². The lowest BCUT2D eigenvalue weighted by Crippen LogP contribution is -2.24. The molecule has 8 nitrogen and oxygen atoms in total. The van der Waals surface area contributed by atoms with Crippen LogP contribution in [0.4, 0.5) is 19.0 Å². The maximum Gasteiger partial charge on any atom is 0.446 e. The van der Waals surface area contributed by atoms with E-state index in [1.165, 1.54) is 0 Å². The summed E-state index contributed by atoms with van der Waals surface area (Å²) in [6.45, 7) is 0. The minimum atomic E-state index is -4.66. The van der Waals surface area contributed by atoms with E-state index in [4.69, 9.17) is 11.5 Å². The zero-order valence-electron chi connectivity index (χ0n) is 13.1. The summed E-state index contributed by atoms with van der Waals surface area (Å²) in [5, 5.41) is 1.96. The lowest BCUT2D eigenvalue weighted by molar-refractivity contribution is -0.0328. The summed E-state index contributed by atoms with van der Waals surface area (Å²) in [6.07, 6.45) is 0. The predicted molar refractivity (Wildman–Crippen MR) is 88.7 cm³/mol. The Kier molecular flexibility index (Phi) is 4.22. The van der Waals surface area contributed by atoms with Crippen molar-refractivity contribution in [2.75, 3.05) is 5.73 Å². The molecule has 5 N–H and O–H groups in total. The van der Waals surface area contributed by atoms with Crippen LogP contribution in [0.2, 0.25) is 0 Å². The van der Waals surface area contributed by atoms with Crippen LogP contribution in [0.5, 0.6) is 0 Å². The van der Waals surface area contributed by atoms with Crippen LogP contribution in [0, 0.1) is 0 Å². The van der Waals surface area contributed by atoms with E-state index in [0.29, 0.717) is 0 Å². The summed E-state index contributed by atoms with van der Waals surface area (Å²) in [4.78, 5) is 46.9. The van der Waals surface area contributed by atoms with Crippen LogP contribution < -0.4 is 22.3 Å². The number of amides is 3. The van der Waals surface area contributed by atoms with E-state index < -0.39 is 51.3 Å². The van der Waals surface area contributed by atoms with Crippen molar-refractivity contribution < 1.29 is 27.6 Å². The second-order valence-electron chi connectivity index (χ2n) is 5.40. The van der Waals surface area contributed by atoms with E-state index in [9.17, 15) is 32.3 Å². The first-order valence-electron chi connectivity index (χ1n) is 7.10. The van der Waals surface area contributed by atoms with Gasteiger partial charge in [-0.05, 0) is 30.0 Å². The average molecular weight is 398 g/mol. The Balaban J connectivity index is 2.27. The first-order chi connectivity index (χ1) is 12.5. The number of halogens is 3. The smallest absolute Gasteiger partial charge is 0.384 e. The molecule has 0 radical (unpaired) electrons. The van der Waals surface area contributed by atoms with Gasteiger partial charge in [-0.15, -0.1) is 0 Å². The van der Waals surface area contributed by atoms with Gasteiger partial charge in [0.2, 0.25) is 5.91 Å². The van der Waals surface area contributed by atoms with Gasteiger partial charge < -0.3 is 11.5 Å². The van der Waals surface area contributed by atoms with Crippen molar-refractivity contribution >= 4 is 35.3 Å². The molecule has 3 rings (SSSR count). The molecule has 0 saturated heterocycles. The third-order valence-corrected chi connectivity index (χ3v) is 4.32. The SMILES string of the molecule is NC(=O)c1cc(SC(F)(F)F)cc(-n2c(N)c3c(cc2=O)C(=O)NC3=O)c1. The number of imide groups is 1. The Labute approximate surface area is 152 Å². The fourth-order valence-corrected chi connectivity index (χ4v) is 3.23. The zero-order chi connectivity index (χ0) is 20.1. The molecule has 0 fully saturated rings. The third kappa shape index (κ3) is 3.38. The topological polar surface area (TPSA) is 137 Å². The number of hydrogen-bond acceptors (Lipinski definition) is 6. The van der Waals surface area contributed by atoms with E-state index in [0.717, 1.165) is 28.8 Å². The zero-order valence-corrected chi connectivity index (χ0v) is 13.9.